The quantitative estimate of drug-likeness (QED) is 0.568. The molecular formula is C12H26N2O2. The molecule has 0 aromatic carbocycles. The van der Waals surface area contributed by atoms with Gasteiger partial charge in [-0.3, -0.25) is 4.79 Å². The maximum atomic E-state index is 11.8. The number of aliphatic hydroxyl groups excluding tert-OH is 1. The van der Waals surface area contributed by atoms with E-state index in [2.05, 4.69) is 26.1 Å². The maximum absolute atomic E-state index is 11.8. The highest BCUT2D eigenvalue weighted by Gasteiger charge is 2.23. The van der Waals surface area contributed by atoms with Crippen molar-refractivity contribution in [2.24, 2.45) is 17.1 Å². The molecule has 0 bridgehead atoms. The number of nitrogens with one attached hydrogen (secondary N) is 1. The van der Waals surface area contributed by atoms with Gasteiger partial charge in [-0.15, -0.1) is 0 Å². The number of carbonyl (C=O) groups is 1. The van der Waals surface area contributed by atoms with Gasteiger partial charge in [-0.1, -0.05) is 20.8 Å². The predicted octanol–water partition coefficient (Wildman–Crippen LogP) is 0.886. The highest BCUT2D eigenvalue weighted by molar-refractivity contribution is 5.78. The Morgan fingerprint density at radius 1 is 1.38 bits per heavy atom. The first-order valence-corrected chi connectivity index (χ1v) is 5.99. The average molecular weight is 230 g/mol. The van der Waals surface area contributed by atoms with Crippen molar-refractivity contribution >= 4 is 5.91 Å². The molecular weight excluding hydrogens is 204 g/mol. The molecule has 0 radical (unpaired) electrons. The molecule has 4 nitrogen and oxygen atoms in total. The Hall–Kier alpha value is -0.610. The zero-order valence-electron chi connectivity index (χ0n) is 10.8. The van der Waals surface area contributed by atoms with Gasteiger partial charge in [0.15, 0.2) is 0 Å². The second-order valence-corrected chi connectivity index (χ2v) is 5.42. The molecule has 0 spiro atoms. The van der Waals surface area contributed by atoms with E-state index in [-0.39, 0.29) is 23.8 Å². The average Bonchev–Trinajstić information content (AvgIpc) is 2.19. The molecule has 0 aromatic rings. The lowest BCUT2D eigenvalue weighted by Crippen LogP contribution is -2.37. The Morgan fingerprint density at radius 3 is 2.44 bits per heavy atom. The number of hydrogen-bond donors (Lipinski definition) is 3. The van der Waals surface area contributed by atoms with Gasteiger partial charge < -0.3 is 16.2 Å². The molecule has 16 heavy (non-hydrogen) atoms. The van der Waals surface area contributed by atoms with Gasteiger partial charge in [0.2, 0.25) is 5.91 Å². The highest BCUT2D eigenvalue weighted by atomic mass is 16.2. The summed E-state index contributed by atoms with van der Waals surface area (Å²) in [4.78, 5) is 11.8. The molecule has 0 rings (SSSR count). The van der Waals surface area contributed by atoms with Crippen LogP contribution in [0.4, 0.5) is 0 Å². The van der Waals surface area contributed by atoms with E-state index >= 15 is 0 Å². The van der Waals surface area contributed by atoms with E-state index in [0.29, 0.717) is 13.1 Å². The van der Waals surface area contributed by atoms with Crippen LogP contribution in [0.25, 0.3) is 0 Å². The molecule has 0 saturated carbocycles. The van der Waals surface area contributed by atoms with E-state index < -0.39 is 0 Å². The Morgan fingerprint density at radius 2 is 2.00 bits per heavy atom. The molecule has 96 valence electrons. The second kappa shape index (κ2) is 7.63. The molecule has 0 saturated heterocycles. The summed E-state index contributed by atoms with van der Waals surface area (Å²) < 4.78 is 0. The molecule has 1 unspecified atom stereocenters. The smallest absolute Gasteiger partial charge is 0.224 e. The minimum atomic E-state index is -0.103. The summed E-state index contributed by atoms with van der Waals surface area (Å²) in [6.07, 6.45) is 2.34. The molecule has 0 fully saturated rings. The van der Waals surface area contributed by atoms with Crippen LogP contribution in [0.1, 0.15) is 40.0 Å². The largest absolute Gasteiger partial charge is 0.396 e. The fourth-order valence-corrected chi connectivity index (χ4v) is 1.61. The van der Waals surface area contributed by atoms with Crippen molar-refractivity contribution in [1.82, 2.24) is 5.32 Å². The van der Waals surface area contributed by atoms with E-state index in [9.17, 15) is 4.79 Å². The summed E-state index contributed by atoms with van der Waals surface area (Å²) in [5.74, 6) is -0.0653. The number of carbonyl (C=O) groups excluding carboxylic acids is 1. The first kappa shape index (κ1) is 15.4. The number of hydrogen-bond acceptors (Lipinski definition) is 3. The summed E-state index contributed by atoms with van der Waals surface area (Å²) in [7, 11) is 0. The van der Waals surface area contributed by atoms with Crippen LogP contribution in [0, 0.1) is 11.3 Å². The van der Waals surface area contributed by atoms with Crippen LogP contribution < -0.4 is 11.1 Å². The summed E-state index contributed by atoms with van der Waals surface area (Å²) >= 11 is 0. The molecule has 0 aliphatic rings. The number of nitrogens with two attached hydrogens (primary N) is 1. The molecule has 4 N–H and O–H groups in total. The van der Waals surface area contributed by atoms with E-state index in [1.165, 1.54) is 0 Å². The van der Waals surface area contributed by atoms with Crippen LogP contribution in [0.2, 0.25) is 0 Å². The van der Waals surface area contributed by atoms with Gasteiger partial charge in [-0.2, -0.15) is 0 Å². The summed E-state index contributed by atoms with van der Waals surface area (Å²) in [5, 5.41) is 11.5. The Balaban J connectivity index is 3.92. The standard InChI is InChI=1S/C12H26N2O2/c1-12(2,3)8-10(9-13)11(16)14-6-4-5-7-15/h10,15H,4-9,13H2,1-3H3,(H,14,16). The van der Waals surface area contributed by atoms with Crippen LogP contribution in [-0.4, -0.2) is 30.7 Å². The minimum absolute atomic E-state index is 0.0374. The van der Waals surface area contributed by atoms with E-state index in [0.717, 1.165) is 19.3 Å². The normalized spacial score (nSPS) is 13.6. The first-order valence-electron chi connectivity index (χ1n) is 5.99. The predicted molar refractivity (Wildman–Crippen MR) is 65.9 cm³/mol. The van der Waals surface area contributed by atoms with Gasteiger partial charge in [0.05, 0.1) is 5.92 Å². The summed E-state index contributed by atoms with van der Waals surface area (Å²) in [6, 6.07) is 0. The third-order valence-electron chi connectivity index (χ3n) is 2.40. The number of amides is 1. The van der Waals surface area contributed by atoms with Gasteiger partial charge >= 0.3 is 0 Å². The number of unbranched alkanes of at least 4 members (excludes halogenated alkanes) is 1. The van der Waals surface area contributed by atoms with Crippen LogP contribution in [0.15, 0.2) is 0 Å². The lowest BCUT2D eigenvalue weighted by Gasteiger charge is -2.24. The van der Waals surface area contributed by atoms with Crippen molar-refractivity contribution in [1.29, 1.82) is 0 Å². The van der Waals surface area contributed by atoms with Crippen LogP contribution >= 0.6 is 0 Å². The summed E-state index contributed by atoms with van der Waals surface area (Å²) in [6.45, 7) is 7.51. The number of aliphatic hydroxyl groups is 1. The van der Waals surface area contributed by atoms with Crippen molar-refractivity contribution in [2.75, 3.05) is 19.7 Å². The van der Waals surface area contributed by atoms with Crippen molar-refractivity contribution in [2.45, 2.75) is 40.0 Å². The van der Waals surface area contributed by atoms with E-state index in [4.69, 9.17) is 10.8 Å². The number of rotatable bonds is 7. The fraction of sp³-hybridized carbons (Fsp3) is 0.917. The van der Waals surface area contributed by atoms with Gasteiger partial charge in [0, 0.05) is 19.7 Å². The van der Waals surface area contributed by atoms with E-state index in [1.807, 2.05) is 0 Å². The molecule has 0 aromatic heterocycles. The Bertz CT molecular complexity index is 200. The van der Waals surface area contributed by atoms with Crippen LogP contribution in [-0.2, 0) is 4.79 Å². The van der Waals surface area contributed by atoms with Crippen LogP contribution in [0.3, 0.4) is 0 Å². The minimum Gasteiger partial charge on any atom is -0.396 e. The van der Waals surface area contributed by atoms with E-state index in [1.54, 1.807) is 0 Å². The zero-order valence-corrected chi connectivity index (χ0v) is 10.8. The first-order chi connectivity index (χ1) is 7.40. The third kappa shape index (κ3) is 7.65. The summed E-state index contributed by atoms with van der Waals surface area (Å²) in [5.41, 5.74) is 5.73. The molecule has 0 heterocycles. The highest BCUT2D eigenvalue weighted by Crippen LogP contribution is 2.23. The molecule has 1 amide bonds. The van der Waals surface area contributed by atoms with Crippen LogP contribution in [0.5, 0.6) is 0 Å². The van der Waals surface area contributed by atoms with Gasteiger partial charge in [-0.25, -0.2) is 0 Å². The topological polar surface area (TPSA) is 75.4 Å². The molecule has 4 heteroatoms. The second-order valence-electron chi connectivity index (χ2n) is 5.42. The van der Waals surface area contributed by atoms with Gasteiger partial charge in [0.25, 0.3) is 0 Å². The van der Waals surface area contributed by atoms with Crippen molar-refractivity contribution in [3.8, 4) is 0 Å². The van der Waals surface area contributed by atoms with Crippen molar-refractivity contribution in [3.63, 3.8) is 0 Å². The maximum Gasteiger partial charge on any atom is 0.224 e. The molecule has 0 aliphatic heterocycles. The van der Waals surface area contributed by atoms with Crippen molar-refractivity contribution in [3.05, 3.63) is 0 Å². The lowest BCUT2D eigenvalue weighted by molar-refractivity contribution is -0.125. The van der Waals surface area contributed by atoms with Crippen molar-refractivity contribution < 1.29 is 9.90 Å². The lowest BCUT2D eigenvalue weighted by atomic mass is 9.84. The fourth-order valence-electron chi connectivity index (χ4n) is 1.61. The zero-order chi connectivity index (χ0) is 12.6. The Labute approximate surface area is 98.6 Å². The van der Waals surface area contributed by atoms with Gasteiger partial charge in [-0.05, 0) is 24.7 Å². The Kier molecular flexibility index (Phi) is 7.34. The third-order valence-corrected chi connectivity index (χ3v) is 2.40. The molecule has 0 aliphatic carbocycles. The molecule has 1 atom stereocenters. The van der Waals surface area contributed by atoms with Gasteiger partial charge in [0.1, 0.15) is 0 Å². The monoisotopic (exact) mass is 230 g/mol. The SMILES string of the molecule is CC(C)(C)CC(CN)C(=O)NCCCCO.